The summed E-state index contributed by atoms with van der Waals surface area (Å²) in [4.78, 5) is 39.2. The van der Waals surface area contributed by atoms with Gasteiger partial charge in [-0.1, -0.05) is 35.0 Å². The number of benzene rings is 1. The predicted molar refractivity (Wildman–Crippen MR) is 113 cm³/mol. The van der Waals surface area contributed by atoms with Crippen LogP contribution >= 0.6 is 36.0 Å². The van der Waals surface area contributed by atoms with Gasteiger partial charge in [-0.3, -0.25) is 14.4 Å². The number of aryl methyl sites for hydroxylation is 1. The van der Waals surface area contributed by atoms with E-state index in [9.17, 15) is 14.4 Å². The maximum atomic E-state index is 13.0. The van der Waals surface area contributed by atoms with Crippen molar-refractivity contribution < 1.29 is 18.9 Å². The molecule has 2 aliphatic rings. The number of carbonyl (C=O) groups excluding carboxylic acids is 3. The average molecular weight is 452 g/mol. The number of fused-ring (bicyclic) bond motifs is 1. The number of β-lactam (4-membered cyclic amide) rings is 1. The minimum atomic E-state index is -0.738. The number of thioether (sulfide) groups is 1. The zero-order valence-corrected chi connectivity index (χ0v) is 18.3. The van der Waals surface area contributed by atoms with Crippen LogP contribution < -0.4 is 5.32 Å². The summed E-state index contributed by atoms with van der Waals surface area (Å²) in [7, 11) is 0. The molecule has 3 heterocycles. The number of halogens is 1. The lowest BCUT2D eigenvalue weighted by Crippen LogP contribution is -2.70. The van der Waals surface area contributed by atoms with Crippen LogP contribution in [0, 0.1) is 6.92 Å². The van der Waals surface area contributed by atoms with Crippen molar-refractivity contribution in [3.63, 3.8) is 0 Å². The third kappa shape index (κ3) is 3.15. The molecule has 29 heavy (non-hydrogen) atoms. The van der Waals surface area contributed by atoms with E-state index in [4.69, 9.17) is 16.1 Å². The molecule has 152 valence electrons. The van der Waals surface area contributed by atoms with Crippen LogP contribution in [0.1, 0.15) is 30.0 Å². The second-order valence-corrected chi connectivity index (χ2v) is 10.1. The van der Waals surface area contributed by atoms with Crippen LogP contribution in [-0.2, 0) is 9.59 Å². The highest BCUT2D eigenvalue weighted by Crippen LogP contribution is 2.51. The number of rotatable bonds is 4. The summed E-state index contributed by atoms with van der Waals surface area (Å²) in [5, 5.41) is 6.51. The highest BCUT2D eigenvalue weighted by Gasteiger charge is 2.63. The fourth-order valence-electron chi connectivity index (χ4n) is 3.84. The number of amides is 2. The minimum absolute atomic E-state index is 0.230. The summed E-state index contributed by atoms with van der Waals surface area (Å²) in [6.45, 7) is 5.40. The Bertz CT molecular complexity index is 1040. The molecule has 4 rings (SSSR count). The fraction of sp³-hybridized carbons (Fsp3) is 0.368. The molecule has 2 amide bonds. The van der Waals surface area contributed by atoms with E-state index < -0.39 is 22.7 Å². The molecule has 2 saturated heterocycles. The number of thiol groups is 1. The van der Waals surface area contributed by atoms with Crippen LogP contribution in [0.25, 0.3) is 11.3 Å². The van der Waals surface area contributed by atoms with Gasteiger partial charge >= 0.3 is 0 Å². The Balaban J connectivity index is 1.60. The molecule has 10 heteroatoms. The van der Waals surface area contributed by atoms with E-state index in [1.165, 1.54) is 16.7 Å². The predicted octanol–water partition coefficient (Wildman–Crippen LogP) is 2.92. The van der Waals surface area contributed by atoms with Crippen molar-refractivity contribution in [1.82, 2.24) is 15.4 Å². The van der Waals surface area contributed by atoms with Gasteiger partial charge in [0.25, 0.3) is 5.91 Å². The van der Waals surface area contributed by atoms with Crippen LogP contribution in [0.4, 0.5) is 0 Å². The van der Waals surface area contributed by atoms with Gasteiger partial charge in [0.15, 0.2) is 0 Å². The van der Waals surface area contributed by atoms with E-state index in [0.717, 1.165) is 0 Å². The van der Waals surface area contributed by atoms with Crippen molar-refractivity contribution in [3.05, 3.63) is 40.6 Å². The first-order chi connectivity index (χ1) is 13.6. The van der Waals surface area contributed by atoms with Crippen molar-refractivity contribution in [2.45, 2.75) is 43.0 Å². The molecular formula is C19H18ClN3O4S2. The largest absolute Gasteiger partial charge is 0.360 e. The molecule has 1 N–H and O–H groups in total. The molecular weight excluding hydrogens is 434 g/mol. The smallest absolute Gasteiger partial charge is 0.257 e. The lowest BCUT2D eigenvalue weighted by atomic mass is 9.96. The summed E-state index contributed by atoms with van der Waals surface area (Å²) < 4.78 is 4.74. The molecule has 2 aromatic rings. The van der Waals surface area contributed by atoms with Crippen LogP contribution in [0.15, 0.2) is 28.8 Å². The first kappa shape index (κ1) is 20.3. The van der Waals surface area contributed by atoms with Gasteiger partial charge in [-0.2, -0.15) is 0 Å². The lowest BCUT2D eigenvalue weighted by Gasteiger charge is -2.43. The number of nitrogens with zero attached hydrogens (tertiary/aromatic N) is 2. The Kier molecular flexibility index (Phi) is 4.95. The summed E-state index contributed by atoms with van der Waals surface area (Å²) >= 11 is 11.7. The normalized spacial score (nSPS) is 24.8. The minimum Gasteiger partial charge on any atom is -0.360 e. The van der Waals surface area contributed by atoms with Gasteiger partial charge in [0.2, 0.25) is 11.0 Å². The topological polar surface area (TPSA) is 92.5 Å². The van der Waals surface area contributed by atoms with Crippen LogP contribution in [0.2, 0.25) is 5.02 Å². The average Bonchev–Trinajstić information content (AvgIpc) is 3.15. The van der Waals surface area contributed by atoms with Crippen molar-refractivity contribution in [3.8, 4) is 11.3 Å². The van der Waals surface area contributed by atoms with Crippen molar-refractivity contribution in [2.75, 3.05) is 0 Å². The first-order valence-electron chi connectivity index (χ1n) is 8.88. The fourth-order valence-corrected chi connectivity index (χ4v) is 6.23. The molecule has 0 bridgehead atoms. The van der Waals surface area contributed by atoms with Gasteiger partial charge < -0.3 is 14.7 Å². The van der Waals surface area contributed by atoms with E-state index in [-0.39, 0.29) is 22.0 Å². The second kappa shape index (κ2) is 7.07. The van der Waals surface area contributed by atoms with E-state index in [1.807, 2.05) is 13.8 Å². The monoisotopic (exact) mass is 451 g/mol. The van der Waals surface area contributed by atoms with Gasteiger partial charge in [-0.05, 0) is 26.8 Å². The third-order valence-corrected chi connectivity index (χ3v) is 7.33. The molecule has 1 aromatic carbocycles. The SMILES string of the molecule is Cc1onc(-c2ccccc2Cl)c1C(=O)N[C@@H]1C(=O)N2[C@@H]1SC(C)(C)[C@H]2C(=O)S. The Labute approximate surface area is 181 Å². The molecule has 0 spiro atoms. The Morgan fingerprint density at radius 1 is 1.34 bits per heavy atom. The second-order valence-electron chi connectivity index (χ2n) is 7.49. The first-order valence-corrected chi connectivity index (χ1v) is 10.6. The van der Waals surface area contributed by atoms with E-state index >= 15 is 0 Å². The van der Waals surface area contributed by atoms with Gasteiger partial charge in [0, 0.05) is 10.3 Å². The number of aromatic nitrogens is 1. The summed E-state index contributed by atoms with van der Waals surface area (Å²) in [6, 6.07) is 5.63. The molecule has 0 aliphatic carbocycles. The van der Waals surface area contributed by atoms with Crippen LogP contribution in [-0.4, -0.2) is 49.2 Å². The van der Waals surface area contributed by atoms with E-state index in [0.29, 0.717) is 22.0 Å². The standard InChI is InChI=1S/C19H18ClN3O4S2/c1-8-11(12(22-27-8)9-6-4-5-7-10(9)20)15(24)21-13-16(25)23-14(18(26)28)19(2,3)29-17(13)23/h4-7,13-14,17H,1-3H3,(H,21,24)(H,26,28)/t13-,14-,17-/m1/s1. The summed E-state index contributed by atoms with van der Waals surface area (Å²) in [5.74, 6) is -0.457. The van der Waals surface area contributed by atoms with E-state index in [2.05, 4.69) is 23.1 Å². The van der Waals surface area contributed by atoms with Crippen molar-refractivity contribution in [2.24, 2.45) is 0 Å². The Hall–Kier alpha value is -1.97. The molecule has 0 saturated carbocycles. The third-order valence-electron chi connectivity index (χ3n) is 5.18. The summed E-state index contributed by atoms with van der Waals surface area (Å²) in [6.07, 6.45) is 0. The maximum Gasteiger partial charge on any atom is 0.257 e. The highest BCUT2D eigenvalue weighted by molar-refractivity contribution is 8.02. The Morgan fingerprint density at radius 3 is 2.69 bits per heavy atom. The van der Waals surface area contributed by atoms with Gasteiger partial charge in [-0.15, -0.1) is 24.4 Å². The molecule has 1 aromatic heterocycles. The van der Waals surface area contributed by atoms with Gasteiger partial charge in [-0.25, -0.2) is 0 Å². The van der Waals surface area contributed by atoms with Crippen molar-refractivity contribution in [1.29, 1.82) is 0 Å². The molecule has 0 radical (unpaired) electrons. The number of nitrogens with one attached hydrogen (secondary N) is 1. The van der Waals surface area contributed by atoms with Gasteiger partial charge in [0.05, 0.1) is 5.02 Å². The highest BCUT2D eigenvalue weighted by atomic mass is 35.5. The summed E-state index contributed by atoms with van der Waals surface area (Å²) in [5.41, 5.74) is 1.11. The van der Waals surface area contributed by atoms with Gasteiger partial charge in [0.1, 0.15) is 34.5 Å². The maximum absolute atomic E-state index is 13.0. The number of hydrogen-bond acceptors (Lipinski definition) is 6. The molecule has 2 fully saturated rings. The van der Waals surface area contributed by atoms with Crippen LogP contribution in [0.5, 0.6) is 0 Å². The van der Waals surface area contributed by atoms with Crippen molar-refractivity contribution >= 4 is 52.9 Å². The molecule has 7 nitrogen and oxygen atoms in total. The molecule has 2 aliphatic heterocycles. The lowest BCUT2D eigenvalue weighted by molar-refractivity contribution is -0.150. The molecule has 3 atom stereocenters. The molecule has 0 unspecified atom stereocenters. The number of carbonyl (C=O) groups is 3. The number of hydrogen-bond donors (Lipinski definition) is 2. The zero-order valence-electron chi connectivity index (χ0n) is 15.8. The zero-order chi connectivity index (χ0) is 21.1. The Morgan fingerprint density at radius 2 is 2.03 bits per heavy atom. The quantitative estimate of drug-likeness (QED) is 0.548. The van der Waals surface area contributed by atoms with Crippen LogP contribution in [0.3, 0.4) is 0 Å². The van der Waals surface area contributed by atoms with E-state index in [1.54, 1.807) is 31.2 Å².